The Bertz CT molecular complexity index is 1490. The highest BCUT2D eigenvalue weighted by Gasteiger charge is 2.23. The van der Waals surface area contributed by atoms with Crippen molar-refractivity contribution < 1.29 is 0 Å². The highest BCUT2D eigenvalue weighted by atomic mass is 79.9. The van der Waals surface area contributed by atoms with Crippen LogP contribution >= 0.6 is 47.8 Å². The monoisotopic (exact) mass is 557 g/mol. The number of aromatic nitrogens is 1. The molecule has 0 atom stereocenters. The van der Waals surface area contributed by atoms with E-state index < -0.39 is 0 Å². The van der Waals surface area contributed by atoms with Gasteiger partial charge in [0.2, 0.25) is 0 Å². The van der Waals surface area contributed by atoms with Gasteiger partial charge in [-0.2, -0.15) is 0 Å². The predicted octanol–water partition coefficient (Wildman–Crippen LogP) is 5.23. The molecule has 7 heteroatoms. The fourth-order valence-electron chi connectivity index (χ4n) is 4.33. The van der Waals surface area contributed by atoms with Crippen molar-refractivity contribution in [2.45, 2.75) is 0 Å². The molecule has 0 N–H and O–H groups in total. The van der Waals surface area contributed by atoms with Gasteiger partial charge in [-0.25, -0.2) is 0 Å². The molecule has 0 radical (unpaired) electrons. The van der Waals surface area contributed by atoms with Gasteiger partial charge in [-0.15, -0.1) is 0 Å². The van der Waals surface area contributed by atoms with Crippen molar-refractivity contribution in [1.29, 1.82) is 0 Å². The maximum atomic E-state index is 13.3. The first-order valence-electron chi connectivity index (χ1n) is 8.31. The smallest absolute Gasteiger partial charge is 0.197 e. The lowest BCUT2D eigenvalue weighted by Gasteiger charge is -2.18. The van der Waals surface area contributed by atoms with Gasteiger partial charge >= 0.3 is 0 Å². The predicted molar refractivity (Wildman–Crippen MR) is 123 cm³/mol. The minimum absolute atomic E-state index is 0.198. The van der Waals surface area contributed by atoms with Crippen LogP contribution in [0, 0.1) is 0 Å². The SMILES string of the molecule is O=c1c2cc(Br)cc3c(=O)c4cc(Br)cc5c(=O)c6cc(Br)cc1c6n(c23)c45. The maximum Gasteiger partial charge on any atom is 0.197 e. The van der Waals surface area contributed by atoms with Gasteiger partial charge in [0.1, 0.15) is 0 Å². The van der Waals surface area contributed by atoms with Gasteiger partial charge in [0.15, 0.2) is 16.3 Å². The van der Waals surface area contributed by atoms with Crippen molar-refractivity contribution in [3.63, 3.8) is 0 Å². The molecule has 0 amide bonds. The summed E-state index contributed by atoms with van der Waals surface area (Å²) in [6, 6.07) is 10.4. The van der Waals surface area contributed by atoms with Gasteiger partial charge in [-0.1, -0.05) is 47.8 Å². The summed E-state index contributed by atoms with van der Waals surface area (Å²) in [5.41, 5.74) is 1.07. The zero-order chi connectivity index (χ0) is 19.5. The number of hydrogen-bond acceptors (Lipinski definition) is 3. The van der Waals surface area contributed by atoms with E-state index in [9.17, 15) is 14.4 Å². The molecular formula is C21H6Br3NO3. The van der Waals surface area contributed by atoms with E-state index in [-0.39, 0.29) is 16.3 Å². The molecular weight excluding hydrogens is 554 g/mol. The first kappa shape index (κ1) is 16.8. The van der Waals surface area contributed by atoms with E-state index in [4.69, 9.17) is 0 Å². The van der Waals surface area contributed by atoms with E-state index in [1.165, 1.54) is 0 Å². The van der Waals surface area contributed by atoms with Crippen LogP contribution in [0.1, 0.15) is 0 Å². The van der Waals surface area contributed by atoms with Crippen molar-refractivity contribution in [3.8, 4) is 0 Å². The fourth-order valence-corrected chi connectivity index (χ4v) is 5.70. The quantitative estimate of drug-likeness (QED) is 0.189. The van der Waals surface area contributed by atoms with Crippen LogP contribution in [0.3, 0.4) is 0 Å². The second-order valence-corrected chi connectivity index (χ2v) is 9.62. The highest BCUT2D eigenvalue weighted by Crippen LogP contribution is 2.35. The molecule has 0 saturated heterocycles. The lowest BCUT2D eigenvalue weighted by atomic mass is 9.98. The molecule has 4 nitrogen and oxygen atoms in total. The van der Waals surface area contributed by atoms with Crippen LogP contribution in [0.25, 0.3) is 48.9 Å². The Balaban J connectivity index is 2.24. The van der Waals surface area contributed by atoms with Gasteiger partial charge in [0.25, 0.3) is 0 Å². The second-order valence-electron chi connectivity index (χ2n) is 6.87. The van der Waals surface area contributed by atoms with Crippen molar-refractivity contribution >= 4 is 96.7 Å². The van der Waals surface area contributed by atoms with Crippen molar-refractivity contribution in [3.05, 3.63) is 80.5 Å². The lowest BCUT2D eigenvalue weighted by Crippen LogP contribution is -2.19. The van der Waals surface area contributed by atoms with E-state index in [2.05, 4.69) is 47.8 Å². The standard InChI is InChI=1S/C21H6Br3NO3/c22-7-1-10-16-11(2-7)20(27)14-5-9(24)6-15-18(14)25(16)17-12(19(10)26)3-8(23)4-13(17)21(15)28/h1-6H. The largest absolute Gasteiger partial charge is 0.306 e. The third kappa shape index (κ3) is 1.87. The zero-order valence-corrected chi connectivity index (χ0v) is 18.5. The average Bonchev–Trinajstić information content (AvgIpc) is 2.65. The molecule has 0 spiro atoms. The van der Waals surface area contributed by atoms with Crippen LogP contribution in [0.15, 0.2) is 64.2 Å². The van der Waals surface area contributed by atoms with Crippen LogP contribution in [-0.4, -0.2) is 4.40 Å². The van der Waals surface area contributed by atoms with Gasteiger partial charge in [0.05, 0.1) is 16.6 Å². The van der Waals surface area contributed by atoms with Gasteiger partial charge in [-0.05, 0) is 36.4 Å². The summed E-state index contributed by atoms with van der Waals surface area (Å²) in [5, 5.41) is 2.68. The summed E-state index contributed by atoms with van der Waals surface area (Å²) in [6.45, 7) is 0. The topological polar surface area (TPSA) is 55.6 Å². The normalized spacial score (nSPS) is 12.5. The number of pyridine rings is 3. The van der Waals surface area contributed by atoms with E-state index >= 15 is 0 Å². The Kier molecular flexibility index (Phi) is 3.18. The van der Waals surface area contributed by atoms with E-state index in [1.807, 2.05) is 4.40 Å². The second kappa shape index (κ2) is 5.28. The minimum Gasteiger partial charge on any atom is -0.306 e. The Hall–Kier alpha value is -2.09. The highest BCUT2D eigenvalue weighted by molar-refractivity contribution is 9.11. The number of benzene rings is 3. The molecule has 0 aliphatic rings. The zero-order valence-electron chi connectivity index (χ0n) is 13.8. The van der Waals surface area contributed by atoms with Gasteiger partial charge in [-0.3, -0.25) is 14.4 Å². The molecule has 6 aromatic rings. The van der Waals surface area contributed by atoms with Crippen LogP contribution in [-0.2, 0) is 0 Å². The minimum atomic E-state index is -0.198. The van der Waals surface area contributed by atoms with Crippen LogP contribution in [0.5, 0.6) is 0 Å². The van der Waals surface area contributed by atoms with E-state index in [0.29, 0.717) is 62.3 Å². The van der Waals surface area contributed by atoms with Crippen LogP contribution in [0.2, 0.25) is 0 Å². The molecule has 3 aromatic carbocycles. The number of nitrogens with zero attached hydrogens (tertiary/aromatic N) is 1. The Morgan fingerprint density at radius 3 is 0.893 bits per heavy atom. The molecule has 3 aromatic heterocycles. The van der Waals surface area contributed by atoms with Crippen LogP contribution < -0.4 is 16.3 Å². The molecule has 0 aliphatic carbocycles. The first-order valence-corrected chi connectivity index (χ1v) is 10.7. The third-order valence-electron chi connectivity index (χ3n) is 5.36. The van der Waals surface area contributed by atoms with Gasteiger partial charge in [0, 0.05) is 45.7 Å². The molecule has 0 fully saturated rings. The number of halogens is 3. The molecule has 6 rings (SSSR count). The molecule has 134 valence electrons. The molecule has 0 saturated carbocycles. The Morgan fingerprint density at radius 1 is 0.464 bits per heavy atom. The van der Waals surface area contributed by atoms with Crippen molar-refractivity contribution in [1.82, 2.24) is 4.40 Å². The maximum absolute atomic E-state index is 13.3. The third-order valence-corrected chi connectivity index (χ3v) is 6.74. The summed E-state index contributed by atoms with van der Waals surface area (Å²) < 4.78 is 3.89. The van der Waals surface area contributed by atoms with Crippen molar-refractivity contribution in [2.75, 3.05) is 0 Å². The van der Waals surface area contributed by atoms with Crippen LogP contribution in [0.4, 0.5) is 0 Å². The summed E-state index contributed by atoms with van der Waals surface area (Å²) in [7, 11) is 0. The molecule has 0 bridgehead atoms. The number of rotatable bonds is 0. The van der Waals surface area contributed by atoms with Crippen molar-refractivity contribution in [2.24, 2.45) is 0 Å². The van der Waals surface area contributed by atoms with E-state index in [1.54, 1.807) is 36.4 Å². The lowest BCUT2D eigenvalue weighted by molar-refractivity contribution is 1.31. The molecule has 3 heterocycles. The average molecular weight is 560 g/mol. The summed E-state index contributed by atoms with van der Waals surface area (Å²) >= 11 is 10.3. The number of hydrogen-bond donors (Lipinski definition) is 0. The molecule has 0 unspecified atom stereocenters. The fraction of sp³-hybridized carbons (Fsp3) is 0. The Morgan fingerprint density at radius 2 is 0.679 bits per heavy atom. The van der Waals surface area contributed by atoms with E-state index in [0.717, 1.165) is 0 Å². The summed E-state index contributed by atoms with van der Waals surface area (Å²) in [4.78, 5) is 39.9. The van der Waals surface area contributed by atoms with Gasteiger partial charge < -0.3 is 4.40 Å². The Labute approximate surface area is 180 Å². The molecule has 28 heavy (non-hydrogen) atoms. The summed E-state index contributed by atoms with van der Waals surface area (Å²) in [6.07, 6.45) is 0. The molecule has 0 aliphatic heterocycles. The summed E-state index contributed by atoms with van der Waals surface area (Å²) in [5.74, 6) is 0. The first-order chi connectivity index (χ1) is 13.4.